The van der Waals surface area contributed by atoms with E-state index in [0.717, 1.165) is 44.8 Å². The second-order valence-corrected chi connectivity index (χ2v) is 10.9. The van der Waals surface area contributed by atoms with Crippen LogP contribution >= 0.6 is 0 Å². The molecule has 0 fully saturated rings. The highest BCUT2D eigenvalue weighted by Gasteiger charge is 2.22. The number of benzene rings is 4. The Balaban J connectivity index is 1.31. The molecule has 0 spiro atoms. The molecule has 0 saturated heterocycles. The predicted molar refractivity (Wildman–Crippen MR) is 168 cm³/mol. The van der Waals surface area contributed by atoms with Crippen LogP contribution in [-0.4, -0.2) is 15.9 Å². The minimum atomic E-state index is -0.677. The van der Waals surface area contributed by atoms with Crippen LogP contribution in [0.4, 0.5) is 8.78 Å². The van der Waals surface area contributed by atoms with Gasteiger partial charge in [-0.1, -0.05) is 60.2 Å². The maximum atomic E-state index is 14.2. The van der Waals surface area contributed by atoms with Gasteiger partial charge in [0.25, 0.3) is 0 Å². The molecule has 1 atom stereocenters. The molecule has 2 heterocycles. The molecule has 0 aliphatic heterocycles. The quantitative estimate of drug-likeness (QED) is 0.171. The van der Waals surface area contributed by atoms with E-state index in [9.17, 15) is 13.6 Å². The number of halogens is 2. The van der Waals surface area contributed by atoms with Crippen molar-refractivity contribution in [1.82, 2.24) is 15.3 Å². The molecule has 220 valence electrons. The number of aromatic nitrogens is 2. The van der Waals surface area contributed by atoms with Crippen molar-refractivity contribution in [2.75, 3.05) is 0 Å². The lowest BCUT2D eigenvalue weighted by molar-refractivity contribution is -0.121. The number of hydrogen-bond acceptors (Lipinski definition) is 3. The van der Waals surface area contributed by atoms with Crippen molar-refractivity contribution < 1.29 is 18.3 Å². The molecule has 0 saturated carbocycles. The van der Waals surface area contributed by atoms with Gasteiger partial charge in [-0.25, -0.2) is 8.78 Å². The zero-order valence-electron chi connectivity index (χ0n) is 24.2. The Bertz CT molecular complexity index is 1900. The molecule has 2 aromatic heterocycles. The van der Waals surface area contributed by atoms with E-state index < -0.39 is 17.7 Å². The summed E-state index contributed by atoms with van der Waals surface area (Å²) < 4.78 is 34.5. The summed E-state index contributed by atoms with van der Waals surface area (Å²) in [4.78, 5) is 21.5. The van der Waals surface area contributed by atoms with Gasteiger partial charge in [0, 0.05) is 34.9 Å². The molecule has 7 heteroatoms. The molecule has 0 radical (unpaired) electrons. The van der Waals surface area contributed by atoms with Crippen LogP contribution in [0.15, 0.2) is 116 Å². The highest BCUT2D eigenvalue weighted by molar-refractivity contribution is 5.89. The standard InChI is InChI=1S/C37H31F2N3O2/c1-24-12-13-34-33(15-24)28(22-41-34)20-36(43)42-35(18-26-16-29(38)21-30(39)17-26)37-32(11-6-14-40-37)27-9-5-10-31(19-27)44-23-25-7-3-2-4-8-25/h2-17,19,21-22,35,41H,18,20,23H2,1H3,(H,42,43)/t35-/m0/s1. The lowest BCUT2D eigenvalue weighted by Crippen LogP contribution is -2.32. The number of hydrogen-bond donors (Lipinski definition) is 2. The zero-order chi connectivity index (χ0) is 30.5. The van der Waals surface area contributed by atoms with Crippen LogP contribution in [0.5, 0.6) is 5.75 Å². The van der Waals surface area contributed by atoms with Crippen LogP contribution in [-0.2, 0) is 24.2 Å². The van der Waals surface area contributed by atoms with Crippen LogP contribution < -0.4 is 10.1 Å². The summed E-state index contributed by atoms with van der Waals surface area (Å²) in [6.07, 6.45) is 3.76. The largest absolute Gasteiger partial charge is 0.489 e. The molecule has 6 aromatic rings. The monoisotopic (exact) mass is 587 g/mol. The Morgan fingerprint density at radius 1 is 0.886 bits per heavy atom. The van der Waals surface area contributed by atoms with E-state index in [0.29, 0.717) is 23.6 Å². The number of carbonyl (C=O) groups excluding carboxylic acids is 1. The summed E-state index contributed by atoms with van der Waals surface area (Å²) in [7, 11) is 0. The third kappa shape index (κ3) is 6.84. The van der Waals surface area contributed by atoms with Crippen LogP contribution in [0.1, 0.15) is 34.0 Å². The fourth-order valence-corrected chi connectivity index (χ4v) is 5.47. The van der Waals surface area contributed by atoms with Gasteiger partial charge in [0.05, 0.1) is 18.2 Å². The van der Waals surface area contributed by atoms with Crippen molar-refractivity contribution in [2.24, 2.45) is 0 Å². The van der Waals surface area contributed by atoms with E-state index in [1.54, 1.807) is 6.20 Å². The lowest BCUT2D eigenvalue weighted by Gasteiger charge is -2.22. The van der Waals surface area contributed by atoms with E-state index in [2.05, 4.69) is 15.3 Å². The van der Waals surface area contributed by atoms with E-state index in [-0.39, 0.29) is 18.7 Å². The number of fused-ring (bicyclic) bond motifs is 1. The molecule has 4 aromatic carbocycles. The predicted octanol–water partition coefficient (Wildman–Crippen LogP) is 8.04. The number of amides is 1. The van der Waals surface area contributed by atoms with E-state index >= 15 is 0 Å². The first-order chi connectivity index (χ1) is 21.4. The maximum Gasteiger partial charge on any atom is 0.225 e. The molecule has 6 rings (SSSR count). The first-order valence-corrected chi connectivity index (χ1v) is 14.4. The number of carbonyl (C=O) groups is 1. The summed E-state index contributed by atoms with van der Waals surface area (Å²) in [6.45, 7) is 2.43. The van der Waals surface area contributed by atoms with Crippen LogP contribution in [0.2, 0.25) is 0 Å². The lowest BCUT2D eigenvalue weighted by atomic mass is 9.95. The molecular weight excluding hydrogens is 556 g/mol. The molecule has 5 nitrogen and oxygen atoms in total. The highest BCUT2D eigenvalue weighted by Crippen LogP contribution is 2.31. The van der Waals surface area contributed by atoms with Gasteiger partial charge in [-0.3, -0.25) is 9.78 Å². The molecule has 0 aliphatic rings. The van der Waals surface area contributed by atoms with Gasteiger partial charge in [-0.05, 0) is 78.1 Å². The first kappa shape index (κ1) is 28.8. The normalized spacial score (nSPS) is 11.8. The number of nitrogens with zero attached hydrogens (tertiary/aromatic N) is 1. The van der Waals surface area contributed by atoms with Crippen LogP contribution in [0.3, 0.4) is 0 Å². The summed E-state index contributed by atoms with van der Waals surface area (Å²) >= 11 is 0. The van der Waals surface area contributed by atoms with Gasteiger partial charge in [0.2, 0.25) is 5.91 Å². The van der Waals surface area contributed by atoms with Gasteiger partial charge >= 0.3 is 0 Å². The van der Waals surface area contributed by atoms with Crippen molar-refractivity contribution >= 4 is 16.8 Å². The summed E-state index contributed by atoms with van der Waals surface area (Å²) in [5.41, 5.74) is 6.58. The zero-order valence-corrected chi connectivity index (χ0v) is 24.2. The summed E-state index contributed by atoms with van der Waals surface area (Å²) in [5, 5.41) is 4.10. The molecule has 0 unspecified atom stereocenters. The van der Waals surface area contributed by atoms with Crippen molar-refractivity contribution in [3.8, 4) is 16.9 Å². The van der Waals surface area contributed by atoms with Gasteiger partial charge in [0.15, 0.2) is 0 Å². The number of H-pyrrole nitrogens is 1. The van der Waals surface area contributed by atoms with Crippen molar-refractivity contribution in [3.05, 3.63) is 155 Å². The van der Waals surface area contributed by atoms with Crippen LogP contribution in [0.25, 0.3) is 22.0 Å². The number of ether oxygens (including phenoxy) is 1. The Labute approximate surface area is 254 Å². The third-order valence-corrected chi connectivity index (χ3v) is 7.53. The molecular formula is C37H31F2N3O2. The molecule has 0 bridgehead atoms. The average Bonchev–Trinajstić information content (AvgIpc) is 3.41. The number of pyridine rings is 1. The Morgan fingerprint density at radius 3 is 2.52 bits per heavy atom. The minimum Gasteiger partial charge on any atom is -0.489 e. The van der Waals surface area contributed by atoms with E-state index in [4.69, 9.17) is 4.74 Å². The minimum absolute atomic E-state index is 0.127. The van der Waals surface area contributed by atoms with Gasteiger partial charge in [0.1, 0.15) is 24.0 Å². The van der Waals surface area contributed by atoms with Gasteiger partial charge in [-0.15, -0.1) is 0 Å². The van der Waals surface area contributed by atoms with E-state index in [1.807, 2.05) is 98.0 Å². The molecule has 0 aliphatic carbocycles. The van der Waals surface area contributed by atoms with E-state index in [1.165, 1.54) is 12.1 Å². The first-order valence-electron chi connectivity index (χ1n) is 14.4. The Kier molecular flexibility index (Phi) is 8.46. The fraction of sp³-hybridized carbons (Fsp3) is 0.135. The maximum absolute atomic E-state index is 14.2. The van der Waals surface area contributed by atoms with Crippen molar-refractivity contribution in [1.29, 1.82) is 0 Å². The number of aromatic amines is 1. The SMILES string of the molecule is Cc1ccc2[nH]cc(CC(=O)N[C@@H](Cc3cc(F)cc(F)c3)c3ncccc3-c3cccc(OCc4ccccc4)c3)c2c1. The van der Waals surface area contributed by atoms with Crippen molar-refractivity contribution in [3.63, 3.8) is 0 Å². The topological polar surface area (TPSA) is 67.0 Å². The van der Waals surface area contributed by atoms with Gasteiger partial charge < -0.3 is 15.0 Å². The second kappa shape index (κ2) is 12.9. The molecule has 2 N–H and O–H groups in total. The Morgan fingerprint density at radius 2 is 1.70 bits per heavy atom. The van der Waals surface area contributed by atoms with Crippen molar-refractivity contribution in [2.45, 2.75) is 32.4 Å². The fourth-order valence-electron chi connectivity index (χ4n) is 5.47. The highest BCUT2D eigenvalue weighted by atomic mass is 19.1. The number of rotatable bonds is 10. The number of aryl methyl sites for hydroxylation is 1. The number of nitrogens with one attached hydrogen (secondary N) is 2. The summed E-state index contributed by atoms with van der Waals surface area (Å²) in [6, 6.07) is 30.1. The third-order valence-electron chi connectivity index (χ3n) is 7.53. The molecule has 44 heavy (non-hydrogen) atoms. The Hall–Kier alpha value is -5.30. The smallest absolute Gasteiger partial charge is 0.225 e. The molecule has 1 amide bonds. The second-order valence-electron chi connectivity index (χ2n) is 10.9. The summed E-state index contributed by atoms with van der Waals surface area (Å²) in [5.74, 6) is -0.901. The van der Waals surface area contributed by atoms with Gasteiger partial charge in [-0.2, -0.15) is 0 Å². The average molecular weight is 588 g/mol. The van der Waals surface area contributed by atoms with Crippen LogP contribution in [0, 0.1) is 18.6 Å².